The molecule has 2 heterocycles. The summed E-state index contributed by atoms with van der Waals surface area (Å²) in [7, 11) is 0. The minimum atomic E-state index is -0.320. The Morgan fingerprint density at radius 1 is 0.944 bits per heavy atom. The van der Waals surface area contributed by atoms with E-state index in [9.17, 15) is 9.59 Å². The molecule has 2 aliphatic rings. The molecule has 4 nitrogen and oxygen atoms in total. The van der Waals surface area contributed by atoms with Gasteiger partial charge in [0, 0.05) is 19.5 Å². The first-order valence-corrected chi connectivity index (χ1v) is 7.21. The highest BCUT2D eigenvalue weighted by molar-refractivity contribution is 5.80. The third kappa shape index (κ3) is 3.55. The van der Waals surface area contributed by atoms with Gasteiger partial charge in [-0.15, -0.1) is 0 Å². The van der Waals surface area contributed by atoms with Crippen LogP contribution in [0.2, 0.25) is 0 Å². The van der Waals surface area contributed by atoms with Gasteiger partial charge in [-0.2, -0.15) is 0 Å². The van der Waals surface area contributed by atoms with Crippen molar-refractivity contribution in [3.63, 3.8) is 0 Å². The van der Waals surface area contributed by atoms with Crippen LogP contribution in [0.4, 0.5) is 0 Å². The van der Waals surface area contributed by atoms with Crippen LogP contribution in [0.5, 0.6) is 0 Å². The topological polar surface area (TPSA) is 40.6 Å². The SMILES string of the molecule is O=[C]C(CC(=O)N1CCCCC1)N1CCCCC1. The van der Waals surface area contributed by atoms with Crippen LogP contribution in [0.15, 0.2) is 0 Å². The molecule has 1 amide bonds. The molecular formula is C14H23N2O2. The van der Waals surface area contributed by atoms with Gasteiger partial charge in [0.15, 0.2) is 0 Å². The molecule has 101 valence electrons. The normalized spacial score (nSPS) is 23.7. The van der Waals surface area contributed by atoms with Crippen molar-refractivity contribution in [2.45, 2.75) is 51.0 Å². The molecule has 2 saturated heterocycles. The van der Waals surface area contributed by atoms with Crippen LogP contribution in [-0.4, -0.2) is 54.2 Å². The maximum atomic E-state index is 12.1. The zero-order valence-corrected chi connectivity index (χ0v) is 11.1. The minimum Gasteiger partial charge on any atom is -0.343 e. The van der Waals surface area contributed by atoms with Crippen molar-refractivity contribution in [2.75, 3.05) is 26.2 Å². The van der Waals surface area contributed by atoms with Crippen LogP contribution >= 0.6 is 0 Å². The molecule has 0 bridgehead atoms. The molecule has 1 atom stereocenters. The first kappa shape index (κ1) is 13.5. The number of hydrogen-bond acceptors (Lipinski definition) is 3. The Kier molecular flexibility index (Phi) is 5.17. The van der Waals surface area contributed by atoms with Crippen LogP contribution in [0, 0.1) is 0 Å². The molecule has 0 N–H and O–H groups in total. The summed E-state index contributed by atoms with van der Waals surface area (Å²) in [6, 6.07) is -0.320. The predicted octanol–water partition coefficient (Wildman–Crippen LogP) is 1.35. The molecular weight excluding hydrogens is 228 g/mol. The summed E-state index contributed by atoms with van der Waals surface area (Å²) in [4.78, 5) is 27.3. The van der Waals surface area contributed by atoms with Crippen molar-refractivity contribution >= 4 is 12.2 Å². The van der Waals surface area contributed by atoms with Crippen LogP contribution < -0.4 is 0 Å². The van der Waals surface area contributed by atoms with Crippen LogP contribution in [0.3, 0.4) is 0 Å². The molecule has 0 saturated carbocycles. The fourth-order valence-corrected chi connectivity index (χ4v) is 2.91. The van der Waals surface area contributed by atoms with Gasteiger partial charge in [-0.05, 0) is 45.2 Å². The van der Waals surface area contributed by atoms with E-state index in [1.165, 1.54) is 12.8 Å². The fraction of sp³-hybridized carbons (Fsp3) is 0.857. The molecule has 0 aromatic carbocycles. The van der Waals surface area contributed by atoms with Gasteiger partial charge < -0.3 is 4.90 Å². The molecule has 2 aliphatic heterocycles. The Bertz CT molecular complexity index is 282. The summed E-state index contributed by atoms with van der Waals surface area (Å²) in [6.45, 7) is 3.61. The lowest BCUT2D eigenvalue weighted by atomic mass is 10.1. The predicted molar refractivity (Wildman–Crippen MR) is 70.0 cm³/mol. The lowest BCUT2D eigenvalue weighted by Crippen LogP contribution is -2.45. The standard InChI is InChI=1S/C14H23N2O2/c17-12-13(15-7-3-1-4-8-15)11-14(18)16-9-5-2-6-10-16/h13H,1-11H2. The number of carbonyl (C=O) groups is 1. The summed E-state index contributed by atoms with van der Waals surface area (Å²) in [6.07, 6.45) is 9.33. The molecule has 0 aromatic rings. The fourth-order valence-electron chi connectivity index (χ4n) is 2.91. The number of nitrogens with zero attached hydrogens (tertiary/aromatic N) is 2. The van der Waals surface area contributed by atoms with Crippen molar-refractivity contribution in [3.8, 4) is 0 Å². The molecule has 0 aromatic heterocycles. The summed E-state index contributed by atoms with van der Waals surface area (Å²) in [5.74, 6) is 0.133. The molecule has 0 aliphatic carbocycles. The second-order valence-corrected chi connectivity index (χ2v) is 5.38. The molecule has 1 unspecified atom stereocenters. The summed E-state index contributed by atoms with van der Waals surface area (Å²) in [5, 5.41) is 0. The highest BCUT2D eigenvalue weighted by Gasteiger charge is 2.26. The Morgan fingerprint density at radius 2 is 1.50 bits per heavy atom. The van der Waals surface area contributed by atoms with Crippen LogP contribution in [-0.2, 0) is 9.59 Å². The van der Waals surface area contributed by atoms with Gasteiger partial charge in [0.25, 0.3) is 0 Å². The second kappa shape index (κ2) is 6.88. The number of piperidine rings is 2. The largest absolute Gasteiger partial charge is 0.343 e. The summed E-state index contributed by atoms with van der Waals surface area (Å²) < 4.78 is 0. The quantitative estimate of drug-likeness (QED) is 0.757. The Labute approximate surface area is 109 Å². The van der Waals surface area contributed by atoms with E-state index in [-0.39, 0.29) is 11.9 Å². The molecule has 4 heteroatoms. The van der Waals surface area contributed by atoms with E-state index in [0.717, 1.165) is 51.9 Å². The Hall–Kier alpha value is -0.900. The lowest BCUT2D eigenvalue weighted by Gasteiger charge is -2.33. The van der Waals surface area contributed by atoms with Gasteiger partial charge in [0.2, 0.25) is 12.2 Å². The minimum absolute atomic E-state index is 0.133. The van der Waals surface area contributed by atoms with E-state index in [2.05, 4.69) is 11.2 Å². The van der Waals surface area contributed by atoms with E-state index in [1.54, 1.807) is 0 Å². The number of hydrogen-bond donors (Lipinski definition) is 0. The van der Waals surface area contributed by atoms with Crippen molar-refractivity contribution in [1.29, 1.82) is 0 Å². The third-order valence-electron chi connectivity index (χ3n) is 4.04. The van der Waals surface area contributed by atoms with Crippen LogP contribution in [0.1, 0.15) is 44.9 Å². The van der Waals surface area contributed by atoms with E-state index >= 15 is 0 Å². The second-order valence-electron chi connectivity index (χ2n) is 5.38. The zero-order valence-electron chi connectivity index (χ0n) is 11.1. The maximum absolute atomic E-state index is 12.1. The van der Waals surface area contributed by atoms with Crippen molar-refractivity contribution in [2.24, 2.45) is 0 Å². The Balaban J connectivity index is 1.84. The molecule has 2 fully saturated rings. The van der Waals surface area contributed by atoms with E-state index in [0.29, 0.717) is 6.42 Å². The van der Waals surface area contributed by atoms with Crippen LogP contribution in [0.25, 0.3) is 0 Å². The van der Waals surface area contributed by atoms with Crippen molar-refractivity contribution in [1.82, 2.24) is 9.80 Å². The molecule has 2 rings (SSSR count). The van der Waals surface area contributed by atoms with Gasteiger partial charge in [-0.25, -0.2) is 0 Å². The highest BCUT2D eigenvalue weighted by atomic mass is 16.2. The lowest BCUT2D eigenvalue weighted by molar-refractivity contribution is -0.133. The monoisotopic (exact) mass is 251 g/mol. The van der Waals surface area contributed by atoms with E-state index in [1.807, 2.05) is 4.90 Å². The number of carbonyl (C=O) groups excluding carboxylic acids is 2. The Morgan fingerprint density at radius 3 is 2.06 bits per heavy atom. The summed E-state index contributed by atoms with van der Waals surface area (Å²) >= 11 is 0. The van der Waals surface area contributed by atoms with Crippen molar-refractivity contribution < 1.29 is 9.59 Å². The number of rotatable bonds is 4. The molecule has 0 spiro atoms. The van der Waals surface area contributed by atoms with Gasteiger partial charge in [0.1, 0.15) is 0 Å². The van der Waals surface area contributed by atoms with Gasteiger partial charge in [-0.1, -0.05) is 6.42 Å². The summed E-state index contributed by atoms with van der Waals surface area (Å²) in [5.41, 5.74) is 0. The smallest absolute Gasteiger partial charge is 0.224 e. The maximum Gasteiger partial charge on any atom is 0.224 e. The average molecular weight is 251 g/mol. The van der Waals surface area contributed by atoms with Gasteiger partial charge in [-0.3, -0.25) is 14.5 Å². The van der Waals surface area contributed by atoms with E-state index in [4.69, 9.17) is 0 Å². The first-order chi connectivity index (χ1) is 8.81. The molecule has 18 heavy (non-hydrogen) atoms. The average Bonchev–Trinajstić information content (AvgIpc) is 2.46. The third-order valence-corrected chi connectivity index (χ3v) is 4.04. The highest BCUT2D eigenvalue weighted by Crippen LogP contribution is 2.16. The first-order valence-electron chi connectivity index (χ1n) is 7.21. The van der Waals surface area contributed by atoms with Crippen molar-refractivity contribution in [3.05, 3.63) is 0 Å². The number of likely N-dealkylation sites (tertiary alicyclic amines) is 2. The van der Waals surface area contributed by atoms with Gasteiger partial charge in [0.05, 0.1) is 6.04 Å². The van der Waals surface area contributed by atoms with E-state index < -0.39 is 0 Å². The molecule has 1 radical (unpaired) electrons. The zero-order chi connectivity index (χ0) is 12.8. The number of amides is 1. The van der Waals surface area contributed by atoms with Gasteiger partial charge >= 0.3 is 0 Å².